The summed E-state index contributed by atoms with van der Waals surface area (Å²) in [6.45, 7) is 6.62. The van der Waals surface area contributed by atoms with Crippen LogP contribution in [0.15, 0.2) is 48.6 Å². The highest BCUT2D eigenvalue weighted by Gasteiger charge is 2.19. The van der Waals surface area contributed by atoms with Gasteiger partial charge in [-0.15, -0.1) is 0 Å². The van der Waals surface area contributed by atoms with Crippen LogP contribution in [-0.2, 0) is 28.6 Å². The molecule has 0 saturated heterocycles. The molecule has 66 heavy (non-hydrogen) atoms. The molecule has 0 aromatic heterocycles. The van der Waals surface area contributed by atoms with E-state index in [0.29, 0.717) is 19.3 Å². The van der Waals surface area contributed by atoms with Crippen molar-refractivity contribution in [3.8, 4) is 0 Å². The van der Waals surface area contributed by atoms with Gasteiger partial charge in [-0.25, -0.2) is 0 Å². The highest BCUT2D eigenvalue weighted by molar-refractivity contribution is 5.71. The summed E-state index contributed by atoms with van der Waals surface area (Å²) in [5.41, 5.74) is 0. The van der Waals surface area contributed by atoms with Crippen LogP contribution in [0.2, 0.25) is 0 Å². The molecule has 0 spiro atoms. The molecular formula is C60H108O6. The van der Waals surface area contributed by atoms with Gasteiger partial charge in [0.15, 0.2) is 6.10 Å². The molecule has 0 aromatic carbocycles. The van der Waals surface area contributed by atoms with Crippen molar-refractivity contribution in [1.29, 1.82) is 0 Å². The van der Waals surface area contributed by atoms with Gasteiger partial charge in [0.05, 0.1) is 0 Å². The van der Waals surface area contributed by atoms with Gasteiger partial charge in [0.25, 0.3) is 0 Å². The quantitative estimate of drug-likeness (QED) is 0.0262. The topological polar surface area (TPSA) is 78.9 Å². The fourth-order valence-corrected chi connectivity index (χ4v) is 8.25. The monoisotopic (exact) mass is 925 g/mol. The Morgan fingerprint density at radius 1 is 0.303 bits per heavy atom. The second-order valence-corrected chi connectivity index (χ2v) is 19.2. The lowest BCUT2D eigenvalue weighted by Gasteiger charge is -2.18. The van der Waals surface area contributed by atoms with Crippen LogP contribution < -0.4 is 0 Å². The maximum Gasteiger partial charge on any atom is 0.306 e. The molecule has 0 aliphatic heterocycles. The van der Waals surface area contributed by atoms with Crippen LogP contribution >= 0.6 is 0 Å². The predicted octanol–water partition coefficient (Wildman–Crippen LogP) is 19.0. The molecule has 0 N–H and O–H groups in total. The summed E-state index contributed by atoms with van der Waals surface area (Å²) in [5, 5.41) is 0. The van der Waals surface area contributed by atoms with Crippen LogP contribution in [0.1, 0.15) is 297 Å². The van der Waals surface area contributed by atoms with Gasteiger partial charge < -0.3 is 14.2 Å². The molecule has 0 radical (unpaired) electrons. The van der Waals surface area contributed by atoms with Crippen LogP contribution in [0, 0.1) is 0 Å². The Bertz CT molecular complexity index is 1150. The lowest BCUT2D eigenvalue weighted by atomic mass is 10.0. The minimum Gasteiger partial charge on any atom is -0.462 e. The average Bonchev–Trinajstić information content (AvgIpc) is 3.31. The summed E-state index contributed by atoms with van der Waals surface area (Å²) < 4.78 is 16.8. The van der Waals surface area contributed by atoms with Gasteiger partial charge >= 0.3 is 17.9 Å². The van der Waals surface area contributed by atoms with E-state index in [9.17, 15) is 14.4 Å². The molecule has 0 fully saturated rings. The molecule has 6 nitrogen and oxygen atoms in total. The van der Waals surface area contributed by atoms with E-state index in [2.05, 4.69) is 69.4 Å². The molecule has 0 rings (SSSR count). The molecule has 0 unspecified atom stereocenters. The van der Waals surface area contributed by atoms with Gasteiger partial charge in [0, 0.05) is 19.3 Å². The van der Waals surface area contributed by atoms with E-state index >= 15 is 0 Å². The minimum atomic E-state index is -0.782. The number of hydrogen-bond acceptors (Lipinski definition) is 6. The molecule has 0 aromatic rings. The normalized spacial score (nSPS) is 12.3. The van der Waals surface area contributed by atoms with Gasteiger partial charge in [-0.2, -0.15) is 0 Å². The van der Waals surface area contributed by atoms with Crippen molar-refractivity contribution in [2.24, 2.45) is 0 Å². The first kappa shape index (κ1) is 63.4. The van der Waals surface area contributed by atoms with E-state index in [0.717, 1.165) is 83.5 Å². The smallest absolute Gasteiger partial charge is 0.306 e. The van der Waals surface area contributed by atoms with E-state index in [4.69, 9.17) is 14.2 Å². The van der Waals surface area contributed by atoms with E-state index in [1.54, 1.807) is 0 Å². The predicted molar refractivity (Wildman–Crippen MR) is 284 cm³/mol. The van der Waals surface area contributed by atoms with Gasteiger partial charge in [-0.1, -0.05) is 262 Å². The molecule has 0 amide bonds. The van der Waals surface area contributed by atoms with Crippen LogP contribution in [0.4, 0.5) is 0 Å². The fourth-order valence-electron chi connectivity index (χ4n) is 8.25. The summed E-state index contributed by atoms with van der Waals surface area (Å²) >= 11 is 0. The third-order valence-corrected chi connectivity index (χ3v) is 12.6. The second-order valence-electron chi connectivity index (χ2n) is 19.2. The SMILES string of the molecule is CCCCC/C=C/C/C=C/C/C=C/C/C=C/CCCCCC(=O)OC[C@@H](COC(=O)CCCCCCCCCCCCCCCC)OC(=O)CCCCCCCCCCCCCCCCC. The fraction of sp³-hybridized carbons (Fsp3) is 0.817. The lowest BCUT2D eigenvalue weighted by Crippen LogP contribution is -2.30. The zero-order valence-corrected chi connectivity index (χ0v) is 44.0. The Kier molecular flexibility index (Phi) is 52.8. The summed E-state index contributed by atoms with van der Waals surface area (Å²) in [6, 6.07) is 0. The van der Waals surface area contributed by atoms with Crippen molar-refractivity contribution in [2.45, 2.75) is 303 Å². The minimum absolute atomic E-state index is 0.0790. The number of esters is 3. The number of carbonyl (C=O) groups excluding carboxylic acids is 3. The molecule has 0 bridgehead atoms. The molecular weight excluding hydrogens is 817 g/mol. The standard InChI is InChI=1S/C60H108O6/c1-4-7-10-13-16-19-22-25-28-29-30-31-33-35-38-41-44-47-50-53-59(62)65-56-57(55-64-58(61)52-49-46-43-40-37-34-27-24-21-18-15-12-9-6-3)66-60(63)54-51-48-45-42-39-36-32-26-23-20-17-14-11-8-5-2/h16,19,25,28,30-31,35,38,57H,4-15,17-18,20-24,26-27,29,32-34,36-37,39-56H2,1-3H3/b19-16+,28-25+,31-30+,38-35+/t57-/m1/s1. The summed E-state index contributed by atoms with van der Waals surface area (Å²) in [7, 11) is 0. The van der Waals surface area contributed by atoms with Crippen molar-refractivity contribution in [3.05, 3.63) is 48.6 Å². The third kappa shape index (κ3) is 52.3. The molecule has 1 atom stereocenters. The van der Waals surface area contributed by atoms with Crippen LogP contribution in [0.3, 0.4) is 0 Å². The van der Waals surface area contributed by atoms with Gasteiger partial charge in [0.2, 0.25) is 0 Å². The highest BCUT2D eigenvalue weighted by atomic mass is 16.6. The van der Waals surface area contributed by atoms with Crippen LogP contribution in [0.25, 0.3) is 0 Å². The Morgan fingerprint density at radius 2 is 0.545 bits per heavy atom. The first-order valence-electron chi connectivity index (χ1n) is 28.6. The number of hydrogen-bond donors (Lipinski definition) is 0. The van der Waals surface area contributed by atoms with Crippen molar-refractivity contribution in [1.82, 2.24) is 0 Å². The number of ether oxygens (including phenoxy) is 3. The lowest BCUT2D eigenvalue weighted by molar-refractivity contribution is -0.167. The Hall–Kier alpha value is -2.63. The molecule has 6 heteroatoms. The average molecular weight is 926 g/mol. The van der Waals surface area contributed by atoms with Crippen molar-refractivity contribution in [3.63, 3.8) is 0 Å². The van der Waals surface area contributed by atoms with E-state index in [-0.39, 0.29) is 31.1 Å². The third-order valence-electron chi connectivity index (χ3n) is 12.6. The molecule has 384 valence electrons. The first-order chi connectivity index (χ1) is 32.5. The summed E-state index contributed by atoms with van der Waals surface area (Å²) in [5.74, 6) is -0.895. The van der Waals surface area contributed by atoms with Gasteiger partial charge in [-0.3, -0.25) is 14.4 Å². The Labute approximate surface area is 409 Å². The van der Waals surface area contributed by atoms with Gasteiger partial charge in [0.1, 0.15) is 13.2 Å². The number of unbranched alkanes of at least 4 members (excludes halogenated alkanes) is 33. The summed E-state index contributed by atoms with van der Waals surface area (Å²) in [4.78, 5) is 38.1. The number of allylic oxidation sites excluding steroid dienone is 8. The first-order valence-corrected chi connectivity index (χ1v) is 28.6. The van der Waals surface area contributed by atoms with Crippen molar-refractivity contribution in [2.75, 3.05) is 13.2 Å². The zero-order valence-electron chi connectivity index (χ0n) is 44.0. The summed E-state index contributed by atoms with van der Waals surface area (Å²) in [6.07, 6.45) is 66.6. The van der Waals surface area contributed by atoms with Crippen LogP contribution in [-0.4, -0.2) is 37.2 Å². The van der Waals surface area contributed by atoms with E-state index < -0.39 is 6.10 Å². The number of carbonyl (C=O) groups is 3. The van der Waals surface area contributed by atoms with Crippen LogP contribution in [0.5, 0.6) is 0 Å². The molecule has 0 aliphatic rings. The largest absolute Gasteiger partial charge is 0.462 e. The van der Waals surface area contributed by atoms with Crippen molar-refractivity contribution >= 4 is 17.9 Å². The Balaban J connectivity index is 4.40. The maximum atomic E-state index is 12.8. The van der Waals surface area contributed by atoms with Crippen molar-refractivity contribution < 1.29 is 28.6 Å². The Morgan fingerprint density at radius 3 is 0.879 bits per heavy atom. The molecule has 0 saturated carbocycles. The van der Waals surface area contributed by atoms with E-state index in [1.165, 1.54) is 173 Å². The second kappa shape index (κ2) is 55.0. The maximum absolute atomic E-state index is 12.8. The highest BCUT2D eigenvalue weighted by Crippen LogP contribution is 2.16. The number of rotatable bonds is 52. The molecule has 0 aliphatic carbocycles. The molecule has 0 heterocycles. The van der Waals surface area contributed by atoms with E-state index in [1.807, 2.05) is 0 Å². The van der Waals surface area contributed by atoms with Gasteiger partial charge in [-0.05, 0) is 64.2 Å². The zero-order chi connectivity index (χ0) is 47.9.